The Bertz CT molecular complexity index is 1820. The summed E-state index contributed by atoms with van der Waals surface area (Å²) in [5.41, 5.74) is 0.372. The lowest BCUT2D eigenvalue weighted by Crippen LogP contribution is -2.61. The van der Waals surface area contributed by atoms with Gasteiger partial charge < -0.3 is 35.3 Å². The fourth-order valence-electron chi connectivity index (χ4n) is 7.20. The molecule has 1 amide bonds. The number of aliphatic hydroxyl groups excluding tert-OH is 1. The molecule has 0 spiro atoms. The first kappa shape index (κ1) is 38.7. The average molecular weight is 766 g/mol. The number of thiazole rings is 1. The first-order chi connectivity index (χ1) is 24.6. The van der Waals surface area contributed by atoms with Crippen molar-refractivity contribution in [3.05, 3.63) is 53.6 Å². The summed E-state index contributed by atoms with van der Waals surface area (Å²) in [6.45, 7) is 10.0. The van der Waals surface area contributed by atoms with Gasteiger partial charge in [0, 0.05) is 36.8 Å². The second-order valence-electron chi connectivity index (χ2n) is 15.1. The number of fused-ring (bicyclic) bond motifs is 2. The van der Waals surface area contributed by atoms with Gasteiger partial charge in [-0.15, -0.1) is 0 Å². The number of amides is 1. The van der Waals surface area contributed by atoms with E-state index in [1.165, 1.54) is 21.7 Å². The van der Waals surface area contributed by atoms with Crippen molar-refractivity contribution in [1.29, 1.82) is 0 Å². The smallest absolute Gasteiger partial charge is 0.407 e. The summed E-state index contributed by atoms with van der Waals surface area (Å²) in [5, 5.41) is 22.0. The molecule has 3 aliphatic rings. The number of anilines is 1. The van der Waals surface area contributed by atoms with Crippen LogP contribution < -0.4 is 16.0 Å². The van der Waals surface area contributed by atoms with Crippen molar-refractivity contribution in [2.75, 3.05) is 31.6 Å². The SMILES string of the molecule is CC(C)CN(C[C@@H](O)[C@H](Cc1cc(F)cc(F)c1)NC(=O)O[C@@H]1CO[C@@H]2OCC[C@](C)(NC(C)C)[C@@H]21)S(=O)(=O)c1ccc2nc(NC3CC3)sc2c1. The largest absolute Gasteiger partial charge is 0.443 e. The molecule has 3 aromatic rings. The highest BCUT2D eigenvalue weighted by Crippen LogP contribution is 2.40. The molecule has 52 heavy (non-hydrogen) atoms. The zero-order valence-electron chi connectivity index (χ0n) is 30.1. The number of carbonyl (C=O) groups is 1. The quantitative estimate of drug-likeness (QED) is 0.166. The first-order valence-electron chi connectivity index (χ1n) is 17.9. The molecule has 0 radical (unpaired) electrons. The van der Waals surface area contributed by atoms with Crippen molar-refractivity contribution < 1.29 is 41.3 Å². The number of alkyl carbamates (subject to hydrolysis) is 1. The van der Waals surface area contributed by atoms with Crippen LogP contribution in [0.25, 0.3) is 10.2 Å². The molecule has 2 saturated heterocycles. The minimum absolute atomic E-state index is 0.0362. The second kappa shape index (κ2) is 15.8. The van der Waals surface area contributed by atoms with E-state index in [1.807, 2.05) is 34.6 Å². The van der Waals surface area contributed by atoms with Crippen LogP contribution in [0.15, 0.2) is 41.3 Å². The topological polar surface area (TPSA) is 151 Å². The van der Waals surface area contributed by atoms with Gasteiger partial charge >= 0.3 is 6.09 Å². The van der Waals surface area contributed by atoms with Crippen LogP contribution >= 0.6 is 11.3 Å². The Balaban J connectivity index is 1.23. The van der Waals surface area contributed by atoms with Crippen molar-refractivity contribution >= 4 is 42.8 Å². The third-order valence-electron chi connectivity index (χ3n) is 9.64. The van der Waals surface area contributed by atoms with Crippen molar-refractivity contribution in [3.8, 4) is 0 Å². The molecule has 16 heteroatoms. The number of hydrogen-bond acceptors (Lipinski definition) is 11. The van der Waals surface area contributed by atoms with Crippen LogP contribution in [-0.2, 0) is 30.7 Å². The van der Waals surface area contributed by atoms with Gasteiger partial charge in [-0.25, -0.2) is 27.0 Å². The number of carbonyl (C=O) groups excluding carboxylic acids is 1. The predicted molar refractivity (Wildman–Crippen MR) is 194 cm³/mol. The maximum atomic E-state index is 14.3. The predicted octanol–water partition coefficient (Wildman–Crippen LogP) is 5.01. The van der Waals surface area contributed by atoms with Crippen LogP contribution in [0, 0.1) is 23.5 Å². The van der Waals surface area contributed by atoms with Crippen molar-refractivity contribution in [3.63, 3.8) is 0 Å². The molecule has 6 atom stereocenters. The van der Waals surface area contributed by atoms with Crippen LogP contribution in [0.3, 0.4) is 0 Å². The maximum absolute atomic E-state index is 14.3. The molecule has 286 valence electrons. The minimum Gasteiger partial charge on any atom is -0.443 e. The van der Waals surface area contributed by atoms with Gasteiger partial charge in [-0.2, -0.15) is 4.31 Å². The van der Waals surface area contributed by atoms with Crippen LogP contribution in [0.5, 0.6) is 0 Å². The van der Waals surface area contributed by atoms with Crippen LogP contribution in [0.1, 0.15) is 59.4 Å². The first-order valence-corrected chi connectivity index (χ1v) is 20.1. The highest BCUT2D eigenvalue weighted by atomic mass is 32.2. The Morgan fingerprint density at radius 3 is 2.52 bits per heavy atom. The Morgan fingerprint density at radius 2 is 1.85 bits per heavy atom. The summed E-state index contributed by atoms with van der Waals surface area (Å²) in [6.07, 6.45) is -1.09. The zero-order valence-corrected chi connectivity index (χ0v) is 31.7. The van der Waals surface area contributed by atoms with Crippen molar-refractivity contribution in [2.45, 2.75) is 107 Å². The highest BCUT2D eigenvalue weighted by molar-refractivity contribution is 7.89. The number of rotatable bonds is 15. The lowest BCUT2D eigenvalue weighted by molar-refractivity contribution is -0.177. The van der Waals surface area contributed by atoms with Crippen LogP contribution in [0.2, 0.25) is 0 Å². The van der Waals surface area contributed by atoms with Gasteiger partial charge in [0.1, 0.15) is 17.7 Å². The van der Waals surface area contributed by atoms with Gasteiger partial charge in [0.15, 0.2) is 11.4 Å². The summed E-state index contributed by atoms with van der Waals surface area (Å²) in [4.78, 5) is 18.2. The number of ether oxygens (including phenoxy) is 3. The van der Waals surface area contributed by atoms with Gasteiger partial charge in [0.2, 0.25) is 10.0 Å². The molecule has 0 bridgehead atoms. The molecule has 3 heterocycles. The molecule has 4 N–H and O–H groups in total. The average Bonchev–Trinajstić information content (AvgIpc) is 3.61. The summed E-state index contributed by atoms with van der Waals surface area (Å²) in [6, 6.07) is 7.01. The fraction of sp³-hybridized carbons (Fsp3) is 0.611. The third-order valence-corrected chi connectivity index (χ3v) is 12.4. The Morgan fingerprint density at radius 1 is 1.12 bits per heavy atom. The summed E-state index contributed by atoms with van der Waals surface area (Å²) < 4.78 is 76.4. The molecule has 2 aromatic carbocycles. The monoisotopic (exact) mass is 765 g/mol. The Labute approximate surface area is 307 Å². The third kappa shape index (κ3) is 9.20. The zero-order chi connectivity index (χ0) is 37.4. The highest BCUT2D eigenvalue weighted by Gasteiger charge is 2.53. The molecule has 3 fully saturated rings. The number of halogens is 2. The van der Waals surface area contributed by atoms with Crippen LogP contribution in [0.4, 0.5) is 18.7 Å². The van der Waals surface area contributed by atoms with E-state index in [0.29, 0.717) is 29.3 Å². The molecule has 1 aliphatic carbocycles. The molecule has 6 rings (SSSR count). The van der Waals surface area contributed by atoms with Crippen molar-refractivity contribution in [1.82, 2.24) is 19.9 Å². The lowest BCUT2D eigenvalue weighted by Gasteiger charge is -2.45. The molecule has 2 aliphatic heterocycles. The standard InChI is InChI=1S/C36H49F2N5O7S2/c1-20(2)17-43(52(46,47)26-8-9-27-31(16-26)51-34(40-27)39-25-6-7-25)18-29(44)28(14-22-12-23(37)15-24(38)13-22)41-35(45)50-30-19-49-33-32(30)36(5,10-11-48-33)42-21(3)4/h8-9,12-13,15-16,20-21,25,28-30,32-33,42,44H,6-7,10-11,14,17-19H2,1-5H3,(H,39,40)(H,41,45)/t28-,29+,30+,32+,33-,36-/m0/s1. The Hall–Kier alpha value is -2.99. The number of aromatic nitrogens is 1. The number of benzene rings is 2. The van der Waals surface area contributed by atoms with E-state index in [2.05, 4.69) is 20.9 Å². The van der Waals surface area contributed by atoms with E-state index in [4.69, 9.17) is 14.2 Å². The lowest BCUT2D eigenvalue weighted by atomic mass is 9.78. The normalized spacial score (nSPS) is 24.7. The summed E-state index contributed by atoms with van der Waals surface area (Å²) >= 11 is 1.37. The van der Waals surface area contributed by atoms with E-state index in [-0.39, 0.29) is 47.9 Å². The molecular weight excluding hydrogens is 717 g/mol. The maximum Gasteiger partial charge on any atom is 0.407 e. The van der Waals surface area contributed by atoms with E-state index in [9.17, 15) is 27.1 Å². The molecule has 1 aromatic heterocycles. The number of aliphatic hydroxyl groups is 1. The molecule has 0 unspecified atom stereocenters. The summed E-state index contributed by atoms with van der Waals surface area (Å²) in [7, 11) is -4.16. The van der Waals surface area contributed by atoms with E-state index in [1.54, 1.807) is 12.1 Å². The Kier molecular flexibility index (Phi) is 11.7. The van der Waals surface area contributed by atoms with E-state index < -0.39 is 64.4 Å². The minimum atomic E-state index is -4.16. The molecule has 1 saturated carbocycles. The molecular formula is C36H49F2N5O7S2. The van der Waals surface area contributed by atoms with E-state index in [0.717, 1.165) is 36.2 Å². The van der Waals surface area contributed by atoms with Gasteiger partial charge in [0.25, 0.3) is 0 Å². The van der Waals surface area contributed by atoms with Crippen LogP contribution in [-0.4, -0.2) is 97.4 Å². The number of hydrogen-bond donors (Lipinski definition) is 4. The van der Waals surface area contributed by atoms with Gasteiger partial charge in [0.05, 0.1) is 46.4 Å². The van der Waals surface area contributed by atoms with Gasteiger partial charge in [-0.05, 0) is 74.4 Å². The number of sulfonamides is 1. The van der Waals surface area contributed by atoms with Gasteiger partial charge in [-0.1, -0.05) is 39.0 Å². The van der Waals surface area contributed by atoms with Crippen molar-refractivity contribution in [2.24, 2.45) is 11.8 Å². The van der Waals surface area contributed by atoms with E-state index >= 15 is 0 Å². The second-order valence-corrected chi connectivity index (χ2v) is 18.1. The molecule has 12 nitrogen and oxygen atoms in total. The van der Waals surface area contributed by atoms with Gasteiger partial charge in [-0.3, -0.25) is 0 Å². The fourth-order valence-corrected chi connectivity index (χ4v) is 9.91. The number of nitrogens with one attached hydrogen (secondary N) is 3. The number of nitrogens with zero attached hydrogens (tertiary/aromatic N) is 2. The summed E-state index contributed by atoms with van der Waals surface area (Å²) in [5.74, 6) is -2.11.